The van der Waals surface area contributed by atoms with Crippen LogP contribution in [0.2, 0.25) is 0 Å². The molecule has 1 aliphatic rings. The van der Waals surface area contributed by atoms with Gasteiger partial charge >= 0.3 is 0 Å². The third-order valence-corrected chi connectivity index (χ3v) is 4.31. The van der Waals surface area contributed by atoms with Gasteiger partial charge in [0.2, 0.25) is 5.91 Å². The van der Waals surface area contributed by atoms with Gasteiger partial charge in [-0.25, -0.2) is 0 Å². The van der Waals surface area contributed by atoms with Crippen LogP contribution in [0, 0.1) is 18.8 Å². The van der Waals surface area contributed by atoms with Gasteiger partial charge in [0.05, 0.1) is 6.04 Å². The summed E-state index contributed by atoms with van der Waals surface area (Å²) in [5, 5.41) is 3.15. The number of nitrogens with one attached hydrogen (secondary N) is 1. The van der Waals surface area contributed by atoms with E-state index in [2.05, 4.69) is 24.4 Å². The lowest BCUT2D eigenvalue weighted by molar-refractivity contribution is -0.126. The van der Waals surface area contributed by atoms with Crippen LogP contribution in [0.15, 0.2) is 24.3 Å². The number of carbonyl (C=O) groups excluding carboxylic acids is 1. The number of amides is 1. The summed E-state index contributed by atoms with van der Waals surface area (Å²) in [6, 6.07) is 8.26. The van der Waals surface area contributed by atoms with Gasteiger partial charge in [0, 0.05) is 5.92 Å². The van der Waals surface area contributed by atoms with E-state index in [0.29, 0.717) is 12.5 Å². The molecule has 0 aromatic heterocycles. The highest BCUT2D eigenvalue weighted by molar-refractivity contribution is 5.79. The van der Waals surface area contributed by atoms with Gasteiger partial charge in [-0.15, -0.1) is 0 Å². The largest absolute Gasteiger partial charge is 0.349 e. The second kappa shape index (κ2) is 6.20. The van der Waals surface area contributed by atoms with Crippen LogP contribution in [0.5, 0.6) is 0 Å². The van der Waals surface area contributed by atoms with Crippen LogP contribution < -0.4 is 11.1 Å². The van der Waals surface area contributed by atoms with Crippen LogP contribution in [0.3, 0.4) is 0 Å². The van der Waals surface area contributed by atoms with Gasteiger partial charge < -0.3 is 11.1 Å². The van der Waals surface area contributed by atoms with Crippen LogP contribution in [0.1, 0.15) is 43.4 Å². The molecule has 3 heteroatoms. The van der Waals surface area contributed by atoms with Crippen molar-refractivity contribution in [3.63, 3.8) is 0 Å². The highest BCUT2D eigenvalue weighted by Crippen LogP contribution is 2.31. The topological polar surface area (TPSA) is 55.1 Å². The van der Waals surface area contributed by atoms with E-state index < -0.39 is 0 Å². The van der Waals surface area contributed by atoms with Crippen molar-refractivity contribution in [2.24, 2.45) is 17.6 Å². The maximum absolute atomic E-state index is 12.3. The van der Waals surface area contributed by atoms with Crippen molar-refractivity contribution in [3.05, 3.63) is 35.4 Å². The number of carbonyl (C=O) groups is 1. The lowest BCUT2D eigenvalue weighted by atomic mass is 9.94. The first kappa shape index (κ1) is 14.1. The molecule has 0 heterocycles. The Morgan fingerprint density at radius 3 is 2.84 bits per heavy atom. The molecule has 2 unspecified atom stereocenters. The zero-order valence-corrected chi connectivity index (χ0v) is 11.9. The van der Waals surface area contributed by atoms with Gasteiger partial charge in [0.15, 0.2) is 0 Å². The minimum atomic E-state index is 0.0627. The lowest BCUT2D eigenvalue weighted by Crippen LogP contribution is -2.36. The maximum atomic E-state index is 12.3. The SMILES string of the molecule is Cc1ccccc1[C@H](C)NC(=O)C1CCCC1CN. The molecule has 3 atom stereocenters. The van der Waals surface area contributed by atoms with E-state index in [-0.39, 0.29) is 17.9 Å². The highest BCUT2D eigenvalue weighted by Gasteiger charge is 2.32. The Morgan fingerprint density at radius 1 is 1.42 bits per heavy atom. The van der Waals surface area contributed by atoms with Crippen LogP contribution >= 0.6 is 0 Å². The zero-order valence-electron chi connectivity index (χ0n) is 11.9. The van der Waals surface area contributed by atoms with E-state index >= 15 is 0 Å². The van der Waals surface area contributed by atoms with E-state index in [4.69, 9.17) is 5.73 Å². The molecule has 3 nitrogen and oxygen atoms in total. The smallest absolute Gasteiger partial charge is 0.223 e. The molecular formula is C16H24N2O. The average molecular weight is 260 g/mol. The van der Waals surface area contributed by atoms with Gasteiger partial charge in [0.25, 0.3) is 0 Å². The first-order valence-corrected chi connectivity index (χ1v) is 7.19. The third-order valence-electron chi connectivity index (χ3n) is 4.31. The Balaban J connectivity index is 2.01. The minimum absolute atomic E-state index is 0.0627. The molecule has 0 bridgehead atoms. The predicted molar refractivity (Wildman–Crippen MR) is 77.6 cm³/mol. The number of hydrogen-bond acceptors (Lipinski definition) is 2. The van der Waals surface area contributed by atoms with Crippen LogP contribution in [0.25, 0.3) is 0 Å². The second-order valence-electron chi connectivity index (χ2n) is 5.62. The summed E-state index contributed by atoms with van der Waals surface area (Å²) in [5.41, 5.74) is 8.16. The van der Waals surface area contributed by atoms with E-state index in [1.807, 2.05) is 19.1 Å². The molecule has 1 saturated carbocycles. The first-order valence-electron chi connectivity index (χ1n) is 7.19. The molecule has 2 rings (SSSR count). The van der Waals surface area contributed by atoms with Crippen LogP contribution in [-0.2, 0) is 4.79 Å². The zero-order chi connectivity index (χ0) is 13.8. The summed E-state index contributed by atoms with van der Waals surface area (Å²) in [6.07, 6.45) is 3.19. The molecule has 0 aliphatic heterocycles. The summed E-state index contributed by atoms with van der Waals surface area (Å²) in [4.78, 5) is 12.3. The van der Waals surface area contributed by atoms with E-state index in [9.17, 15) is 4.79 Å². The summed E-state index contributed by atoms with van der Waals surface area (Å²) >= 11 is 0. The Morgan fingerprint density at radius 2 is 2.16 bits per heavy atom. The van der Waals surface area contributed by atoms with Crippen molar-refractivity contribution >= 4 is 5.91 Å². The quantitative estimate of drug-likeness (QED) is 0.874. The molecular weight excluding hydrogens is 236 g/mol. The molecule has 104 valence electrons. The lowest BCUT2D eigenvalue weighted by Gasteiger charge is -2.22. The molecule has 0 saturated heterocycles. The second-order valence-corrected chi connectivity index (χ2v) is 5.62. The fourth-order valence-corrected chi connectivity index (χ4v) is 3.13. The molecule has 1 aromatic rings. The van der Waals surface area contributed by atoms with Crippen LogP contribution in [-0.4, -0.2) is 12.5 Å². The van der Waals surface area contributed by atoms with Crippen molar-refractivity contribution < 1.29 is 4.79 Å². The molecule has 1 aliphatic carbocycles. The Bertz CT molecular complexity index is 444. The molecule has 0 spiro atoms. The Hall–Kier alpha value is -1.35. The van der Waals surface area contributed by atoms with Gasteiger partial charge in [-0.3, -0.25) is 4.79 Å². The molecule has 1 amide bonds. The fourth-order valence-electron chi connectivity index (χ4n) is 3.13. The van der Waals surface area contributed by atoms with Crippen molar-refractivity contribution in [3.8, 4) is 0 Å². The maximum Gasteiger partial charge on any atom is 0.223 e. The average Bonchev–Trinajstić information content (AvgIpc) is 2.87. The van der Waals surface area contributed by atoms with Gasteiger partial charge in [-0.05, 0) is 50.3 Å². The molecule has 3 N–H and O–H groups in total. The minimum Gasteiger partial charge on any atom is -0.349 e. The van der Waals surface area contributed by atoms with E-state index in [0.717, 1.165) is 19.3 Å². The van der Waals surface area contributed by atoms with Crippen LogP contribution in [0.4, 0.5) is 0 Å². The summed E-state index contributed by atoms with van der Waals surface area (Å²) in [7, 11) is 0. The van der Waals surface area contributed by atoms with E-state index in [1.165, 1.54) is 11.1 Å². The van der Waals surface area contributed by atoms with E-state index in [1.54, 1.807) is 0 Å². The summed E-state index contributed by atoms with van der Waals surface area (Å²) in [6.45, 7) is 4.75. The number of hydrogen-bond donors (Lipinski definition) is 2. The number of nitrogens with two attached hydrogens (primary N) is 1. The number of rotatable bonds is 4. The number of benzene rings is 1. The molecule has 0 radical (unpaired) electrons. The Labute approximate surface area is 115 Å². The van der Waals surface area contributed by atoms with Gasteiger partial charge in [-0.1, -0.05) is 30.7 Å². The predicted octanol–water partition coefficient (Wildman–Crippen LogP) is 2.55. The van der Waals surface area contributed by atoms with Crippen molar-refractivity contribution in [2.75, 3.05) is 6.54 Å². The first-order chi connectivity index (χ1) is 9.13. The Kier molecular flexibility index (Phi) is 4.59. The summed E-state index contributed by atoms with van der Waals surface area (Å²) < 4.78 is 0. The normalized spacial score (nSPS) is 24.2. The van der Waals surface area contributed by atoms with Crippen molar-refractivity contribution in [1.29, 1.82) is 0 Å². The standard InChI is InChI=1S/C16H24N2O/c1-11-6-3-4-8-14(11)12(2)18-16(19)15-9-5-7-13(15)10-17/h3-4,6,8,12-13,15H,5,7,9-10,17H2,1-2H3,(H,18,19)/t12-,13?,15?/m0/s1. The fraction of sp³-hybridized carbons (Fsp3) is 0.562. The van der Waals surface area contributed by atoms with Gasteiger partial charge in [-0.2, -0.15) is 0 Å². The van der Waals surface area contributed by atoms with Gasteiger partial charge in [0.1, 0.15) is 0 Å². The monoisotopic (exact) mass is 260 g/mol. The van der Waals surface area contributed by atoms with Crippen molar-refractivity contribution in [2.45, 2.75) is 39.2 Å². The summed E-state index contributed by atoms with van der Waals surface area (Å²) in [5.74, 6) is 0.643. The van der Waals surface area contributed by atoms with Crippen molar-refractivity contribution in [1.82, 2.24) is 5.32 Å². The third kappa shape index (κ3) is 3.16. The molecule has 1 aromatic carbocycles. The molecule has 19 heavy (non-hydrogen) atoms. The number of aryl methyl sites for hydroxylation is 1. The highest BCUT2D eigenvalue weighted by atomic mass is 16.2. The molecule has 1 fully saturated rings.